The lowest BCUT2D eigenvalue weighted by Crippen LogP contribution is -2.36. The first-order chi connectivity index (χ1) is 16.7. The van der Waals surface area contributed by atoms with E-state index >= 15 is 0 Å². The molecule has 2 amide bonds. The second-order valence-corrected chi connectivity index (χ2v) is 9.35. The van der Waals surface area contributed by atoms with Crippen LogP contribution < -0.4 is 10.6 Å². The molecule has 0 spiro atoms. The Morgan fingerprint density at radius 3 is 2.63 bits per heavy atom. The summed E-state index contributed by atoms with van der Waals surface area (Å²) in [6.07, 6.45) is 4.90. The molecule has 2 heterocycles. The maximum absolute atomic E-state index is 12.8. The SMILES string of the molecule is COCc1nccn1Cc1ccc(C2=Cc3c(cccc3C(=O)NC(=O)OC(C)(C)C)CN2)cc1. The van der Waals surface area contributed by atoms with Gasteiger partial charge in [0.15, 0.2) is 0 Å². The van der Waals surface area contributed by atoms with Crippen molar-refractivity contribution in [2.45, 2.75) is 46.1 Å². The number of rotatable bonds is 6. The van der Waals surface area contributed by atoms with Crippen LogP contribution in [0, 0.1) is 0 Å². The van der Waals surface area contributed by atoms with Gasteiger partial charge in [0.2, 0.25) is 0 Å². The highest BCUT2D eigenvalue weighted by molar-refractivity contribution is 6.06. The fourth-order valence-electron chi connectivity index (χ4n) is 3.91. The smallest absolute Gasteiger partial charge is 0.414 e. The number of alkyl carbamates (subject to hydrolysis) is 1. The van der Waals surface area contributed by atoms with Crippen LogP contribution in [0.3, 0.4) is 0 Å². The second-order valence-electron chi connectivity index (χ2n) is 9.35. The van der Waals surface area contributed by atoms with Gasteiger partial charge in [0.05, 0.1) is 0 Å². The standard InChI is InChI=1S/C27H30N4O4/c1-27(2,3)35-26(33)30-25(32)21-7-5-6-20-15-29-23(14-22(20)21)19-10-8-18(9-11-19)16-31-13-12-28-24(31)17-34-4/h5-14,29H,15-17H2,1-4H3,(H,30,32,33). The third-order valence-corrected chi connectivity index (χ3v) is 5.51. The van der Waals surface area contributed by atoms with Gasteiger partial charge in [-0.05, 0) is 55.2 Å². The van der Waals surface area contributed by atoms with Gasteiger partial charge in [-0.2, -0.15) is 0 Å². The molecule has 0 atom stereocenters. The van der Waals surface area contributed by atoms with E-state index in [0.717, 1.165) is 33.8 Å². The van der Waals surface area contributed by atoms with Gasteiger partial charge in [0.25, 0.3) is 5.91 Å². The molecule has 2 N–H and O–H groups in total. The summed E-state index contributed by atoms with van der Waals surface area (Å²) in [6, 6.07) is 13.7. The van der Waals surface area contributed by atoms with E-state index in [-0.39, 0.29) is 0 Å². The lowest BCUT2D eigenvalue weighted by molar-refractivity contribution is 0.0508. The van der Waals surface area contributed by atoms with Crippen molar-refractivity contribution < 1.29 is 19.1 Å². The predicted molar refractivity (Wildman–Crippen MR) is 133 cm³/mol. The molecule has 182 valence electrons. The molecule has 1 aromatic heterocycles. The summed E-state index contributed by atoms with van der Waals surface area (Å²) in [7, 11) is 1.66. The predicted octanol–water partition coefficient (Wildman–Crippen LogP) is 4.34. The van der Waals surface area contributed by atoms with Crippen LogP contribution in [0.1, 0.15) is 59.2 Å². The molecule has 4 rings (SSSR count). The number of nitrogens with one attached hydrogen (secondary N) is 2. The molecule has 8 heteroatoms. The van der Waals surface area contributed by atoms with Crippen LogP contribution in [0.5, 0.6) is 0 Å². The van der Waals surface area contributed by atoms with Crippen LogP contribution in [-0.2, 0) is 29.2 Å². The molecule has 0 saturated heterocycles. The summed E-state index contributed by atoms with van der Waals surface area (Å²) in [5.41, 5.74) is 4.55. The van der Waals surface area contributed by atoms with Gasteiger partial charge in [0.1, 0.15) is 18.0 Å². The molecule has 0 saturated carbocycles. The topological polar surface area (TPSA) is 94.5 Å². The van der Waals surface area contributed by atoms with E-state index in [0.29, 0.717) is 25.3 Å². The number of benzene rings is 2. The Morgan fingerprint density at radius 1 is 1.14 bits per heavy atom. The number of aromatic nitrogens is 2. The van der Waals surface area contributed by atoms with Gasteiger partial charge in [0, 0.05) is 43.9 Å². The van der Waals surface area contributed by atoms with E-state index in [4.69, 9.17) is 9.47 Å². The Bertz CT molecular complexity index is 1250. The molecule has 8 nitrogen and oxygen atoms in total. The normalized spacial score (nSPS) is 12.9. The van der Waals surface area contributed by atoms with Crippen molar-refractivity contribution in [3.8, 4) is 0 Å². The molecule has 35 heavy (non-hydrogen) atoms. The van der Waals surface area contributed by atoms with Crippen molar-refractivity contribution in [2.75, 3.05) is 7.11 Å². The number of fused-ring (bicyclic) bond motifs is 1. The summed E-state index contributed by atoms with van der Waals surface area (Å²) in [5.74, 6) is 0.387. The van der Waals surface area contributed by atoms with Gasteiger partial charge >= 0.3 is 6.09 Å². The van der Waals surface area contributed by atoms with Crippen molar-refractivity contribution in [2.24, 2.45) is 0 Å². The minimum Gasteiger partial charge on any atom is -0.444 e. The zero-order chi connectivity index (χ0) is 25.0. The zero-order valence-corrected chi connectivity index (χ0v) is 20.4. The molecule has 2 aromatic carbocycles. The Hall–Kier alpha value is -3.91. The summed E-state index contributed by atoms with van der Waals surface area (Å²) >= 11 is 0. The molecule has 0 unspecified atom stereocenters. The van der Waals surface area contributed by atoms with Crippen LogP contribution in [-0.4, -0.2) is 34.3 Å². The van der Waals surface area contributed by atoms with Crippen molar-refractivity contribution in [3.63, 3.8) is 0 Å². The van der Waals surface area contributed by atoms with Gasteiger partial charge < -0.3 is 19.4 Å². The molecular weight excluding hydrogens is 444 g/mol. The van der Waals surface area contributed by atoms with E-state index in [1.54, 1.807) is 40.1 Å². The van der Waals surface area contributed by atoms with Crippen LogP contribution in [0.25, 0.3) is 11.8 Å². The second kappa shape index (κ2) is 10.1. The monoisotopic (exact) mass is 474 g/mol. The largest absolute Gasteiger partial charge is 0.444 e. The minimum absolute atomic E-state index is 0.426. The Morgan fingerprint density at radius 2 is 1.91 bits per heavy atom. The van der Waals surface area contributed by atoms with E-state index in [2.05, 4.69) is 44.5 Å². The van der Waals surface area contributed by atoms with Crippen LogP contribution in [0.15, 0.2) is 54.9 Å². The zero-order valence-electron chi connectivity index (χ0n) is 20.4. The number of hydrogen-bond donors (Lipinski definition) is 2. The molecule has 1 aliphatic heterocycles. The highest BCUT2D eigenvalue weighted by Gasteiger charge is 2.22. The minimum atomic E-state index is -0.764. The van der Waals surface area contributed by atoms with Gasteiger partial charge in [-0.15, -0.1) is 0 Å². The molecule has 1 aliphatic rings. The lowest BCUT2D eigenvalue weighted by Gasteiger charge is -2.22. The number of hydrogen-bond acceptors (Lipinski definition) is 6. The highest BCUT2D eigenvalue weighted by Crippen LogP contribution is 2.27. The third kappa shape index (κ3) is 5.96. The summed E-state index contributed by atoms with van der Waals surface area (Å²) in [6.45, 7) is 6.99. The number of amides is 2. The first kappa shape index (κ1) is 24.2. The molecule has 0 bridgehead atoms. The van der Waals surface area contributed by atoms with Crippen molar-refractivity contribution in [3.05, 3.63) is 88.5 Å². The van der Waals surface area contributed by atoms with Crippen molar-refractivity contribution >= 4 is 23.8 Å². The maximum Gasteiger partial charge on any atom is 0.414 e. The lowest BCUT2D eigenvalue weighted by atomic mass is 9.94. The number of nitrogens with zero attached hydrogens (tertiary/aromatic N) is 2. The average Bonchev–Trinajstić information content (AvgIpc) is 3.24. The quantitative estimate of drug-likeness (QED) is 0.552. The third-order valence-electron chi connectivity index (χ3n) is 5.51. The highest BCUT2D eigenvalue weighted by atomic mass is 16.6. The van der Waals surface area contributed by atoms with Gasteiger partial charge in [-0.1, -0.05) is 36.4 Å². The van der Waals surface area contributed by atoms with Gasteiger partial charge in [-0.3, -0.25) is 10.1 Å². The molecular formula is C27H30N4O4. The summed E-state index contributed by atoms with van der Waals surface area (Å²) in [5, 5.41) is 5.76. The molecule has 0 fully saturated rings. The fraction of sp³-hybridized carbons (Fsp3) is 0.296. The number of carbonyl (C=O) groups excluding carboxylic acids is 2. The average molecular weight is 475 g/mol. The molecule has 0 aliphatic carbocycles. The number of ether oxygens (including phenoxy) is 2. The Labute approximate surface area is 205 Å². The van der Waals surface area contributed by atoms with Gasteiger partial charge in [-0.25, -0.2) is 9.78 Å². The molecule has 3 aromatic rings. The van der Waals surface area contributed by atoms with E-state index in [1.165, 1.54) is 0 Å². The van der Waals surface area contributed by atoms with E-state index in [9.17, 15) is 9.59 Å². The maximum atomic E-state index is 12.8. The number of imide groups is 1. The number of carbonyl (C=O) groups is 2. The molecule has 0 radical (unpaired) electrons. The van der Waals surface area contributed by atoms with Crippen molar-refractivity contribution in [1.82, 2.24) is 20.2 Å². The Balaban J connectivity index is 1.53. The first-order valence-electron chi connectivity index (χ1n) is 11.4. The van der Waals surface area contributed by atoms with E-state index < -0.39 is 17.6 Å². The summed E-state index contributed by atoms with van der Waals surface area (Å²) in [4.78, 5) is 29.3. The van der Waals surface area contributed by atoms with Crippen LogP contribution in [0.2, 0.25) is 0 Å². The fourth-order valence-corrected chi connectivity index (χ4v) is 3.91. The van der Waals surface area contributed by atoms with E-state index in [1.807, 2.05) is 24.4 Å². The first-order valence-corrected chi connectivity index (χ1v) is 11.4. The summed E-state index contributed by atoms with van der Waals surface area (Å²) < 4.78 is 12.5. The van der Waals surface area contributed by atoms with Crippen LogP contribution in [0.4, 0.5) is 4.79 Å². The van der Waals surface area contributed by atoms with Crippen LogP contribution >= 0.6 is 0 Å². The Kier molecular flexibility index (Phi) is 7.02. The number of imidazole rings is 1. The number of methoxy groups -OCH3 is 1. The van der Waals surface area contributed by atoms with Crippen molar-refractivity contribution in [1.29, 1.82) is 0 Å².